The van der Waals surface area contributed by atoms with Gasteiger partial charge in [0.2, 0.25) is 0 Å². The molecule has 0 aromatic carbocycles. The molecule has 0 fully saturated rings. The molecule has 0 spiro atoms. The highest BCUT2D eigenvalue weighted by molar-refractivity contribution is 6.99. The van der Waals surface area contributed by atoms with Crippen molar-refractivity contribution in [3.05, 3.63) is 31.5 Å². The van der Waals surface area contributed by atoms with E-state index in [1.165, 1.54) is 6.20 Å². The molecule has 6 heteroatoms. The Morgan fingerprint density at radius 3 is 2.67 bits per heavy atom. The van der Waals surface area contributed by atoms with Crippen molar-refractivity contribution in [1.82, 2.24) is 13.6 Å². The van der Waals surface area contributed by atoms with Crippen LogP contribution in [0, 0.1) is 0 Å². The second kappa shape index (κ2) is 5.92. The Balaban J connectivity index is 2.55. The number of hydrogen-bond donors (Lipinski definition) is 1. The first-order chi connectivity index (χ1) is 7.27. The minimum absolute atomic E-state index is 0.234. The monoisotopic (exact) mass is 224 g/mol. The van der Waals surface area contributed by atoms with Crippen molar-refractivity contribution in [3.63, 3.8) is 0 Å². The molecule has 1 aromatic rings. The second-order valence-electron chi connectivity index (χ2n) is 2.71. The van der Waals surface area contributed by atoms with Crippen LogP contribution < -0.4 is 5.32 Å². The molecule has 0 aliphatic rings. The second-order valence-corrected chi connectivity index (χ2v) is 3.26. The average Bonchev–Trinajstić information content (AvgIpc) is 2.70. The Hall–Kier alpha value is -1.69. The molecule has 0 unspecified atom stereocenters. The maximum Gasteiger partial charge on any atom is 0.323 e. The van der Waals surface area contributed by atoms with Crippen molar-refractivity contribution in [2.24, 2.45) is 0 Å². The van der Waals surface area contributed by atoms with E-state index in [2.05, 4.69) is 27.2 Å². The molecule has 5 nitrogen and oxygen atoms in total. The summed E-state index contributed by atoms with van der Waals surface area (Å²) in [5.41, 5.74) is 0. The molecule has 80 valence electrons. The molecule has 0 radical (unpaired) electrons. The van der Waals surface area contributed by atoms with E-state index in [1.54, 1.807) is 17.1 Å². The fourth-order valence-corrected chi connectivity index (χ4v) is 1.34. The first-order valence-corrected chi connectivity index (χ1v) is 5.06. The van der Waals surface area contributed by atoms with Gasteiger partial charge >= 0.3 is 6.03 Å². The molecule has 0 atom stereocenters. The molecule has 15 heavy (non-hydrogen) atoms. The van der Waals surface area contributed by atoms with E-state index in [9.17, 15) is 4.79 Å². The summed E-state index contributed by atoms with van der Waals surface area (Å²) in [6.45, 7) is 8.10. The number of nitrogens with zero attached hydrogens (tertiary/aromatic N) is 3. The van der Waals surface area contributed by atoms with Gasteiger partial charge in [-0.1, -0.05) is 12.2 Å². The molecule has 1 aromatic heterocycles. The molecule has 1 N–H and O–H groups in total. The van der Waals surface area contributed by atoms with Gasteiger partial charge in [-0.15, -0.1) is 13.2 Å². The number of carbonyl (C=O) groups is 1. The minimum atomic E-state index is -0.234. The third kappa shape index (κ3) is 3.51. The number of anilines is 1. The van der Waals surface area contributed by atoms with Gasteiger partial charge in [0.05, 0.1) is 17.9 Å². The molecule has 0 aliphatic heterocycles. The summed E-state index contributed by atoms with van der Waals surface area (Å²) < 4.78 is 7.66. The zero-order valence-corrected chi connectivity index (χ0v) is 9.04. The van der Waals surface area contributed by atoms with Crippen molar-refractivity contribution in [1.29, 1.82) is 0 Å². The van der Waals surface area contributed by atoms with E-state index in [0.717, 1.165) is 11.7 Å². The van der Waals surface area contributed by atoms with Crippen LogP contribution in [0.5, 0.6) is 0 Å². The Labute approximate surface area is 92.4 Å². The molecule has 0 saturated carbocycles. The fraction of sp³-hybridized carbons (Fsp3) is 0.222. The maximum atomic E-state index is 11.6. The van der Waals surface area contributed by atoms with Gasteiger partial charge in [0.25, 0.3) is 0 Å². The number of hydrogen-bond acceptors (Lipinski definition) is 4. The topological polar surface area (TPSA) is 58.1 Å². The smallest absolute Gasteiger partial charge is 0.317 e. The van der Waals surface area contributed by atoms with Gasteiger partial charge in [-0.05, 0) is 0 Å². The van der Waals surface area contributed by atoms with E-state index in [4.69, 9.17) is 0 Å². The molecule has 0 bridgehead atoms. The molecule has 0 aliphatic carbocycles. The number of urea groups is 1. The van der Waals surface area contributed by atoms with Crippen LogP contribution in [-0.2, 0) is 0 Å². The summed E-state index contributed by atoms with van der Waals surface area (Å²) in [6, 6.07) is -0.234. The van der Waals surface area contributed by atoms with Crippen molar-refractivity contribution < 1.29 is 4.79 Å². The Kier molecular flexibility index (Phi) is 4.49. The fourth-order valence-electron chi connectivity index (χ4n) is 0.960. The number of nitrogens with one attached hydrogen (secondary N) is 1. The quantitative estimate of drug-likeness (QED) is 0.775. The largest absolute Gasteiger partial charge is 0.323 e. The lowest BCUT2D eigenvalue weighted by Crippen LogP contribution is -2.35. The van der Waals surface area contributed by atoms with Crippen LogP contribution in [0.15, 0.2) is 31.5 Å². The summed E-state index contributed by atoms with van der Waals surface area (Å²) in [7, 11) is 0. The summed E-state index contributed by atoms with van der Waals surface area (Å²) in [4.78, 5) is 13.2. The van der Waals surface area contributed by atoms with E-state index >= 15 is 0 Å². The van der Waals surface area contributed by atoms with Crippen molar-refractivity contribution in [2.75, 3.05) is 18.4 Å². The normalized spacial score (nSPS) is 9.33. The summed E-state index contributed by atoms with van der Waals surface area (Å²) in [5, 5.41) is 2.62. The van der Waals surface area contributed by atoms with Crippen molar-refractivity contribution in [3.8, 4) is 0 Å². The summed E-state index contributed by atoms with van der Waals surface area (Å²) >= 11 is 1.05. The van der Waals surface area contributed by atoms with Crippen LogP contribution in [0.4, 0.5) is 10.6 Å². The van der Waals surface area contributed by atoms with Crippen LogP contribution in [0.25, 0.3) is 0 Å². The highest BCUT2D eigenvalue weighted by Crippen LogP contribution is 2.03. The highest BCUT2D eigenvalue weighted by Gasteiger charge is 2.11. The minimum Gasteiger partial charge on any atom is -0.317 e. The van der Waals surface area contributed by atoms with E-state index in [1.807, 2.05) is 0 Å². The van der Waals surface area contributed by atoms with Crippen LogP contribution >= 0.6 is 11.7 Å². The number of aromatic nitrogens is 2. The SMILES string of the molecule is C=CCN(CC=C)C(=O)Nc1cnsn1. The molecule has 1 rings (SSSR count). The predicted molar refractivity (Wildman–Crippen MR) is 60.9 cm³/mol. The van der Waals surface area contributed by atoms with Gasteiger partial charge in [0.1, 0.15) is 0 Å². The predicted octanol–water partition coefficient (Wildman–Crippen LogP) is 1.74. The lowest BCUT2D eigenvalue weighted by atomic mass is 10.4. The van der Waals surface area contributed by atoms with Crippen LogP contribution in [0.2, 0.25) is 0 Å². The van der Waals surface area contributed by atoms with Crippen LogP contribution in [0.3, 0.4) is 0 Å². The lowest BCUT2D eigenvalue weighted by Gasteiger charge is -2.18. The van der Waals surface area contributed by atoms with Gasteiger partial charge in [-0.25, -0.2) is 4.79 Å². The summed E-state index contributed by atoms with van der Waals surface area (Å²) in [5.74, 6) is 0.461. The highest BCUT2D eigenvalue weighted by atomic mass is 32.1. The first kappa shape index (κ1) is 11.4. The molecular weight excluding hydrogens is 212 g/mol. The van der Waals surface area contributed by atoms with Gasteiger partial charge in [-0.2, -0.15) is 8.75 Å². The van der Waals surface area contributed by atoms with Gasteiger partial charge < -0.3 is 4.90 Å². The zero-order chi connectivity index (χ0) is 11.1. The number of carbonyl (C=O) groups excluding carboxylic acids is 1. The van der Waals surface area contributed by atoms with Gasteiger partial charge in [-0.3, -0.25) is 5.32 Å². The van der Waals surface area contributed by atoms with E-state index in [-0.39, 0.29) is 6.03 Å². The molecule has 1 heterocycles. The third-order valence-corrected chi connectivity index (χ3v) is 2.06. The third-order valence-electron chi connectivity index (χ3n) is 1.58. The van der Waals surface area contributed by atoms with Crippen LogP contribution in [0.1, 0.15) is 0 Å². The van der Waals surface area contributed by atoms with Gasteiger partial charge in [0.15, 0.2) is 5.82 Å². The van der Waals surface area contributed by atoms with Crippen LogP contribution in [-0.4, -0.2) is 32.8 Å². The van der Waals surface area contributed by atoms with E-state index in [0.29, 0.717) is 18.9 Å². The van der Waals surface area contributed by atoms with Crippen molar-refractivity contribution in [2.45, 2.75) is 0 Å². The van der Waals surface area contributed by atoms with Gasteiger partial charge in [0, 0.05) is 13.1 Å². The zero-order valence-electron chi connectivity index (χ0n) is 8.22. The Bertz CT molecular complexity index is 326. The van der Waals surface area contributed by atoms with E-state index < -0.39 is 0 Å². The Morgan fingerprint density at radius 1 is 1.53 bits per heavy atom. The average molecular weight is 224 g/mol. The Morgan fingerprint density at radius 2 is 2.20 bits per heavy atom. The standard InChI is InChI=1S/C9H12N4OS/c1-3-5-13(6-4-2)9(14)11-8-7-10-15-12-8/h3-4,7H,1-2,5-6H2,(H,11,12,14). The number of rotatable bonds is 5. The maximum absolute atomic E-state index is 11.6. The number of amides is 2. The molecule has 0 saturated heterocycles. The molecule has 2 amide bonds. The first-order valence-electron chi connectivity index (χ1n) is 4.33. The lowest BCUT2D eigenvalue weighted by molar-refractivity contribution is 0.222. The summed E-state index contributed by atoms with van der Waals surface area (Å²) in [6.07, 6.45) is 4.81. The molecular formula is C9H12N4OS. The van der Waals surface area contributed by atoms with Crippen molar-refractivity contribution >= 4 is 23.6 Å².